The Morgan fingerprint density at radius 2 is 1.46 bits per heavy atom. The van der Waals surface area contributed by atoms with Crippen LogP contribution in [0.3, 0.4) is 0 Å². The lowest BCUT2D eigenvalue weighted by Gasteiger charge is -2.17. The van der Waals surface area contributed by atoms with Gasteiger partial charge in [-0.2, -0.15) is 0 Å². The van der Waals surface area contributed by atoms with Crippen LogP contribution in [0.4, 0.5) is 0 Å². The fraction of sp³-hybridized carbons (Fsp3) is 0.0909. The molecule has 2 heteroatoms. The molecule has 0 saturated carbocycles. The lowest BCUT2D eigenvalue weighted by Crippen LogP contribution is -1.93. The van der Waals surface area contributed by atoms with E-state index in [9.17, 15) is 5.11 Å². The van der Waals surface area contributed by atoms with Crippen LogP contribution in [-0.4, -0.2) is 12.2 Å². The number of ether oxygens (including phenoxy) is 1. The SMILES string of the molecule is COc1c(-c2c(O)ccc3ccccc23)cc(C)c2ccccc12. The van der Waals surface area contributed by atoms with Gasteiger partial charge in [-0.1, -0.05) is 54.6 Å². The summed E-state index contributed by atoms with van der Waals surface area (Å²) in [5.74, 6) is 1.06. The van der Waals surface area contributed by atoms with E-state index in [1.165, 1.54) is 0 Å². The van der Waals surface area contributed by atoms with Crippen molar-refractivity contribution >= 4 is 21.5 Å². The van der Waals surface area contributed by atoms with Crippen molar-refractivity contribution in [3.63, 3.8) is 0 Å². The summed E-state index contributed by atoms with van der Waals surface area (Å²) in [4.78, 5) is 0. The first-order valence-corrected chi connectivity index (χ1v) is 7.98. The van der Waals surface area contributed by atoms with Crippen LogP contribution >= 0.6 is 0 Å². The average Bonchev–Trinajstić information content (AvgIpc) is 2.62. The van der Waals surface area contributed by atoms with Gasteiger partial charge >= 0.3 is 0 Å². The third kappa shape index (κ3) is 2.11. The Morgan fingerprint density at radius 3 is 2.21 bits per heavy atom. The maximum atomic E-state index is 10.6. The summed E-state index contributed by atoms with van der Waals surface area (Å²) < 4.78 is 5.76. The van der Waals surface area contributed by atoms with Crippen molar-refractivity contribution in [2.75, 3.05) is 7.11 Å². The van der Waals surface area contributed by atoms with E-state index >= 15 is 0 Å². The average molecular weight is 314 g/mol. The van der Waals surface area contributed by atoms with Gasteiger partial charge in [-0.3, -0.25) is 0 Å². The highest BCUT2D eigenvalue weighted by molar-refractivity contribution is 6.05. The van der Waals surface area contributed by atoms with Crippen LogP contribution in [0.15, 0.2) is 66.7 Å². The van der Waals surface area contributed by atoms with Gasteiger partial charge in [-0.25, -0.2) is 0 Å². The molecule has 24 heavy (non-hydrogen) atoms. The molecular weight excluding hydrogens is 296 g/mol. The molecule has 4 aromatic rings. The lowest BCUT2D eigenvalue weighted by atomic mass is 9.92. The van der Waals surface area contributed by atoms with Crippen LogP contribution in [0.1, 0.15) is 5.56 Å². The van der Waals surface area contributed by atoms with E-state index in [1.807, 2.05) is 36.4 Å². The number of fused-ring (bicyclic) bond motifs is 2. The Hall–Kier alpha value is -3.00. The highest BCUT2D eigenvalue weighted by Crippen LogP contribution is 2.44. The number of rotatable bonds is 2. The third-order valence-corrected chi connectivity index (χ3v) is 4.58. The third-order valence-electron chi connectivity index (χ3n) is 4.58. The smallest absolute Gasteiger partial charge is 0.134 e. The van der Waals surface area contributed by atoms with Crippen LogP contribution in [0.5, 0.6) is 11.5 Å². The molecule has 0 aromatic heterocycles. The number of aromatic hydroxyl groups is 1. The minimum absolute atomic E-state index is 0.265. The summed E-state index contributed by atoms with van der Waals surface area (Å²) in [5.41, 5.74) is 2.90. The zero-order chi connectivity index (χ0) is 16.7. The standard InChI is InChI=1S/C22H18O2/c1-14-13-19(22(24-2)18-10-6-5-8-16(14)18)21-17-9-4-3-7-15(17)11-12-20(21)23/h3-13,23H,1-2H3. The van der Waals surface area contributed by atoms with E-state index in [2.05, 4.69) is 31.2 Å². The van der Waals surface area contributed by atoms with E-state index in [0.717, 1.165) is 44.0 Å². The van der Waals surface area contributed by atoms with Gasteiger partial charge in [0.05, 0.1) is 7.11 Å². The van der Waals surface area contributed by atoms with E-state index in [-0.39, 0.29) is 5.75 Å². The Bertz CT molecular complexity index is 1060. The first-order chi connectivity index (χ1) is 11.7. The molecule has 0 atom stereocenters. The van der Waals surface area contributed by atoms with Crippen LogP contribution in [0.25, 0.3) is 32.7 Å². The van der Waals surface area contributed by atoms with E-state index in [4.69, 9.17) is 4.74 Å². The molecule has 0 amide bonds. The first kappa shape index (κ1) is 14.6. The van der Waals surface area contributed by atoms with Gasteiger partial charge < -0.3 is 9.84 Å². The van der Waals surface area contributed by atoms with E-state index in [0.29, 0.717) is 0 Å². The minimum atomic E-state index is 0.265. The molecule has 2 nitrogen and oxygen atoms in total. The number of methoxy groups -OCH3 is 1. The van der Waals surface area contributed by atoms with Crippen molar-refractivity contribution in [2.24, 2.45) is 0 Å². The van der Waals surface area contributed by atoms with Crippen LogP contribution < -0.4 is 4.74 Å². The molecule has 0 saturated heterocycles. The maximum absolute atomic E-state index is 10.6. The molecule has 0 aliphatic rings. The second-order valence-electron chi connectivity index (χ2n) is 6.00. The molecule has 1 N–H and O–H groups in total. The normalized spacial score (nSPS) is 11.1. The molecular formula is C22H18O2. The Balaban J connectivity index is 2.17. The van der Waals surface area contributed by atoms with Gasteiger partial charge in [-0.05, 0) is 40.8 Å². The zero-order valence-electron chi connectivity index (χ0n) is 13.7. The molecule has 0 aliphatic heterocycles. The predicted octanol–water partition coefficient (Wildman–Crippen LogP) is 5.68. The molecule has 0 heterocycles. The summed E-state index contributed by atoms with van der Waals surface area (Å²) >= 11 is 0. The highest BCUT2D eigenvalue weighted by Gasteiger charge is 2.17. The maximum Gasteiger partial charge on any atom is 0.134 e. The summed E-state index contributed by atoms with van der Waals surface area (Å²) in [6, 6.07) is 22.1. The van der Waals surface area contributed by atoms with E-state index < -0.39 is 0 Å². The molecule has 0 fully saturated rings. The Morgan fingerprint density at radius 1 is 0.792 bits per heavy atom. The van der Waals surface area contributed by atoms with Crippen LogP contribution in [0, 0.1) is 6.92 Å². The second-order valence-corrected chi connectivity index (χ2v) is 6.00. The minimum Gasteiger partial charge on any atom is -0.507 e. The van der Waals surface area contributed by atoms with Gasteiger partial charge in [0.2, 0.25) is 0 Å². The molecule has 4 rings (SSSR count). The summed E-state index contributed by atoms with van der Waals surface area (Å²) in [6.07, 6.45) is 0. The van der Waals surface area contributed by atoms with Crippen LogP contribution in [-0.2, 0) is 0 Å². The number of hydrogen-bond donors (Lipinski definition) is 1. The molecule has 0 unspecified atom stereocenters. The summed E-state index contributed by atoms with van der Waals surface area (Å²) in [6.45, 7) is 2.09. The van der Waals surface area contributed by atoms with Crippen LogP contribution in [0.2, 0.25) is 0 Å². The van der Waals surface area contributed by atoms with Gasteiger partial charge in [0.25, 0.3) is 0 Å². The summed E-state index contributed by atoms with van der Waals surface area (Å²) in [7, 11) is 1.68. The molecule has 4 aromatic carbocycles. The monoisotopic (exact) mass is 314 g/mol. The fourth-order valence-electron chi connectivity index (χ4n) is 3.48. The van der Waals surface area contributed by atoms with Gasteiger partial charge in [0.15, 0.2) is 0 Å². The number of hydrogen-bond acceptors (Lipinski definition) is 2. The van der Waals surface area contributed by atoms with Crippen molar-refractivity contribution in [3.05, 3.63) is 72.3 Å². The van der Waals surface area contributed by atoms with Crippen molar-refractivity contribution in [2.45, 2.75) is 6.92 Å². The largest absolute Gasteiger partial charge is 0.507 e. The molecule has 118 valence electrons. The number of benzene rings is 4. The van der Waals surface area contributed by atoms with Crippen molar-refractivity contribution in [1.82, 2.24) is 0 Å². The highest BCUT2D eigenvalue weighted by atomic mass is 16.5. The molecule has 0 aliphatic carbocycles. The summed E-state index contributed by atoms with van der Waals surface area (Å²) in [5, 5.41) is 14.9. The predicted molar refractivity (Wildman–Crippen MR) is 99.8 cm³/mol. The Labute approximate surface area is 140 Å². The second kappa shape index (κ2) is 5.57. The van der Waals surface area contributed by atoms with Crippen molar-refractivity contribution < 1.29 is 9.84 Å². The van der Waals surface area contributed by atoms with Crippen molar-refractivity contribution in [1.29, 1.82) is 0 Å². The van der Waals surface area contributed by atoms with Gasteiger partial charge in [-0.15, -0.1) is 0 Å². The topological polar surface area (TPSA) is 29.5 Å². The first-order valence-electron chi connectivity index (χ1n) is 7.98. The van der Waals surface area contributed by atoms with E-state index in [1.54, 1.807) is 13.2 Å². The zero-order valence-corrected chi connectivity index (χ0v) is 13.7. The lowest BCUT2D eigenvalue weighted by molar-refractivity contribution is 0.420. The van der Waals surface area contributed by atoms with Gasteiger partial charge in [0, 0.05) is 16.5 Å². The molecule has 0 radical (unpaired) electrons. The number of aryl methyl sites for hydroxylation is 1. The molecule has 0 spiro atoms. The number of phenols is 1. The van der Waals surface area contributed by atoms with Crippen molar-refractivity contribution in [3.8, 4) is 22.6 Å². The quantitative estimate of drug-likeness (QED) is 0.515. The number of phenolic OH excluding ortho intramolecular Hbond substituents is 1. The Kier molecular flexibility index (Phi) is 3.39. The van der Waals surface area contributed by atoms with Gasteiger partial charge in [0.1, 0.15) is 11.5 Å². The molecule has 0 bridgehead atoms. The fourth-order valence-corrected chi connectivity index (χ4v) is 3.48.